The fourth-order valence-electron chi connectivity index (χ4n) is 5.33. The van der Waals surface area contributed by atoms with E-state index in [2.05, 4.69) is 72.8 Å². The first kappa shape index (κ1) is 27.3. The normalized spacial score (nSPS) is 11.3. The van der Waals surface area contributed by atoms with Gasteiger partial charge in [0.05, 0.1) is 14.2 Å². The predicted molar refractivity (Wildman–Crippen MR) is 170 cm³/mol. The first-order valence-corrected chi connectivity index (χ1v) is 15.6. The molecule has 208 valence electrons. The molecule has 0 fully saturated rings. The molecule has 1 heterocycles. The second-order valence-electron chi connectivity index (χ2n) is 9.85. The molecule has 6 rings (SSSR count). The maximum absolute atomic E-state index is 13.5. The van der Waals surface area contributed by atoms with Crippen LogP contribution < -0.4 is 30.1 Å². The third kappa shape index (κ3) is 5.27. The summed E-state index contributed by atoms with van der Waals surface area (Å²) >= 11 is 0. The number of ether oxygens (including phenoxy) is 3. The number of rotatable bonds is 9. The van der Waals surface area contributed by atoms with E-state index in [1.165, 1.54) is 15.9 Å². The highest BCUT2D eigenvalue weighted by Gasteiger charge is 2.46. The molecule has 0 saturated heterocycles. The second-order valence-corrected chi connectivity index (χ2v) is 13.3. The first-order valence-electron chi connectivity index (χ1n) is 13.6. The van der Waals surface area contributed by atoms with Gasteiger partial charge in [0.1, 0.15) is 52.2 Å². The van der Waals surface area contributed by atoms with Crippen LogP contribution >= 0.6 is 7.26 Å². The smallest absolute Gasteiger partial charge is 0.379 e. The van der Waals surface area contributed by atoms with Gasteiger partial charge < -0.3 is 18.6 Å². The minimum absolute atomic E-state index is 0.121. The number of hydrogen-bond acceptors (Lipinski definition) is 5. The SMILES string of the molecule is COc1ccc(OC(=O)c2cc3cc(OC)ccc3o2)c(C[P+](c2ccccc2)(c2ccccc2)c2ccccc2)c1. The Morgan fingerprint density at radius 3 is 1.71 bits per heavy atom. The minimum atomic E-state index is -2.26. The van der Waals surface area contributed by atoms with Crippen molar-refractivity contribution >= 4 is 40.1 Å². The van der Waals surface area contributed by atoms with E-state index in [1.54, 1.807) is 38.5 Å². The Kier molecular flexibility index (Phi) is 7.76. The van der Waals surface area contributed by atoms with Gasteiger partial charge in [-0.3, -0.25) is 0 Å². The second kappa shape index (κ2) is 11.9. The summed E-state index contributed by atoms with van der Waals surface area (Å²) < 4.78 is 22.9. The average Bonchev–Trinajstić information content (AvgIpc) is 3.49. The van der Waals surface area contributed by atoms with Gasteiger partial charge in [-0.1, -0.05) is 54.6 Å². The van der Waals surface area contributed by atoms with Crippen molar-refractivity contribution in [2.45, 2.75) is 6.16 Å². The molecule has 5 nitrogen and oxygen atoms in total. The van der Waals surface area contributed by atoms with Gasteiger partial charge in [-0.05, 0) is 78.9 Å². The number of furan rings is 1. The van der Waals surface area contributed by atoms with Crippen LogP contribution in [0.5, 0.6) is 17.2 Å². The van der Waals surface area contributed by atoms with Crippen molar-refractivity contribution in [1.82, 2.24) is 0 Å². The lowest BCUT2D eigenvalue weighted by atomic mass is 10.2. The van der Waals surface area contributed by atoms with E-state index in [4.69, 9.17) is 18.6 Å². The molecule has 0 aliphatic heterocycles. The molecular weight excluding hydrogens is 543 g/mol. The van der Waals surface area contributed by atoms with Gasteiger partial charge in [-0.25, -0.2) is 4.79 Å². The lowest BCUT2D eigenvalue weighted by Gasteiger charge is -2.28. The highest BCUT2D eigenvalue weighted by Crippen LogP contribution is 2.59. The zero-order valence-corrected chi connectivity index (χ0v) is 24.3. The van der Waals surface area contributed by atoms with Crippen molar-refractivity contribution in [3.8, 4) is 17.2 Å². The zero-order valence-electron chi connectivity index (χ0n) is 23.4. The molecule has 0 bridgehead atoms. The van der Waals surface area contributed by atoms with Gasteiger partial charge in [0, 0.05) is 10.9 Å². The van der Waals surface area contributed by atoms with Crippen molar-refractivity contribution in [2.24, 2.45) is 0 Å². The number of esters is 1. The van der Waals surface area contributed by atoms with Crippen LogP contribution in [0.15, 0.2) is 138 Å². The summed E-state index contributed by atoms with van der Waals surface area (Å²) in [5.74, 6) is 1.39. The molecule has 0 saturated carbocycles. The summed E-state index contributed by atoms with van der Waals surface area (Å²) in [6.45, 7) is 0. The molecule has 0 aliphatic rings. The van der Waals surface area contributed by atoms with Crippen LogP contribution in [0.2, 0.25) is 0 Å². The summed E-state index contributed by atoms with van der Waals surface area (Å²) in [6.07, 6.45) is 0.613. The summed E-state index contributed by atoms with van der Waals surface area (Å²) in [6, 6.07) is 44.4. The Balaban J connectivity index is 1.47. The molecule has 0 N–H and O–H groups in total. The molecule has 5 aromatic carbocycles. The Morgan fingerprint density at radius 1 is 0.643 bits per heavy atom. The largest absolute Gasteiger partial charge is 0.497 e. The van der Waals surface area contributed by atoms with Gasteiger partial charge in [0.25, 0.3) is 0 Å². The van der Waals surface area contributed by atoms with Crippen molar-refractivity contribution in [2.75, 3.05) is 14.2 Å². The van der Waals surface area contributed by atoms with E-state index in [1.807, 2.05) is 36.4 Å². The van der Waals surface area contributed by atoms with Crippen molar-refractivity contribution in [3.63, 3.8) is 0 Å². The van der Waals surface area contributed by atoms with Crippen molar-refractivity contribution in [3.05, 3.63) is 145 Å². The van der Waals surface area contributed by atoms with Crippen LogP contribution in [0.4, 0.5) is 0 Å². The third-order valence-corrected chi connectivity index (χ3v) is 11.7. The Hall–Kier alpha value is -4.86. The number of hydrogen-bond donors (Lipinski definition) is 0. The molecule has 6 aromatic rings. The van der Waals surface area contributed by atoms with Crippen LogP contribution in [0.1, 0.15) is 16.1 Å². The van der Waals surface area contributed by atoms with E-state index in [0.717, 1.165) is 10.9 Å². The Morgan fingerprint density at radius 2 is 1.17 bits per heavy atom. The highest BCUT2D eigenvalue weighted by molar-refractivity contribution is 7.95. The van der Waals surface area contributed by atoms with Crippen LogP contribution in [0.3, 0.4) is 0 Å². The Bertz CT molecular complexity index is 1720. The zero-order chi connectivity index (χ0) is 28.9. The number of carbonyl (C=O) groups excluding carboxylic acids is 1. The molecule has 0 aliphatic carbocycles. The topological polar surface area (TPSA) is 57.9 Å². The Labute approximate surface area is 245 Å². The van der Waals surface area contributed by atoms with Gasteiger partial charge in [0.15, 0.2) is 0 Å². The number of benzene rings is 5. The van der Waals surface area contributed by atoms with Crippen LogP contribution in [-0.4, -0.2) is 20.2 Å². The fraction of sp³-hybridized carbons (Fsp3) is 0.0833. The highest BCUT2D eigenvalue weighted by atomic mass is 31.2. The average molecular weight is 574 g/mol. The van der Waals surface area contributed by atoms with Crippen LogP contribution in [0, 0.1) is 0 Å². The van der Waals surface area contributed by atoms with E-state index in [-0.39, 0.29) is 5.76 Å². The summed E-state index contributed by atoms with van der Waals surface area (Å²) in [7, 11) is 0.978. The predicted octanol–water partition coefficient (Wildman–Crippen LogP) is 7.16. The summed E-state index contributed by atoms with van der Waals surface area (Å²) in [5.41, 5.74) is 1.45. The van der Waals surface area contributed by atoms with Gasteiger partial charge in [-0.2, -0.15) is 0 Å². The molecule has 1 aromatic heterocycles. The maximum Gasteiger partial charge on any atom is 0.379 e. The van der Waals surface area contributed by atoms with Crippen molar-refractivity contribution < 1.29 is 23.4 Å². The lowest BCUT2D eigenvalue weighted by Crippen LogP contribution is -2.32. The maximum atomic E-state index is 13.5. The van der Waals surface area contributed by atoms with E-state index >= 15 is 0 Å². The van der Waals surface area contributed by atoms with E-state index < -0.39 is 13.2 Å². The quantitative estimate of drug-likeness (QED) is 0.104. The number of fused-ring (bicyclic) bond motifs is 1. The minimum Gasteiger partial charge on any atom is -0.497 e. The molecule has 0 unspecified atom stereocenters. The molecule has 0 atom stereocenters. The van der Waals surface area contributed by atoms with Crippen LogP contribution in [-0.2, 0) is 6.16 Å². The van der Waals surface area contributed by atoms with Gasteiger partial charge in [-0.15, -0.1) is 0 Å². The molecule has 0 amide bonds. The molecule has 0 radical (unpaired) electrons. The van der Waals surface area contributed by atoms with E-state index in [9.17, 15) is 4.79 Å². The van der Waals surface area contributed by atoms with E-state index in [0.29, 0.717) is 29.0 Å². The first-order chi connectivity index (χ1) is 20.6. The third-order valence-electron chi connectivity index (χ3n) is 7.39. The number of methoxy groups -OCH3 is 2. The molecule has 6 heteroatoms. The monoisotopic (exact) mass is 573 g/mol. The summed E-state index contributed by atoms with van der Waals surface area (Å²) in [5, 5.41) is 4.45. The molecular formula is C36H30O5P+. The molecule has 0 spiro atoms. The molecule has 42 heavy (non-hydrogen) atoms. The van der Waals surface area contributed by atoms with Crippen molar-refractivity contribution in [1.29, 1.82) is 0 Å². The fourth-order valence-corrected chi connectivity index (χ4v) is 9.57. The van der Waals surface area contributed by atoms with Crippen LogP contribution in [0.25, 0.3) is 11.0 Å². The van der Waals surface area contributed by atoms with Gasteiger partial charge in [0.2, 0.25) is 5.76 Å². The summed E-state index contributed by atoms with van der Waals surface area (Å²) in [4.78, 5) is 13.5. The number of carbonyl (C=O) groups is 1. The van der Waals surface area contributed by atoms with Gasteiger partial charge >= 0.3 is 5.97 Å². The lowest BCUT2D eigenvalue weighted by molar-refractivity contribution is 0.0702. The standard InChI is InChI=1S/C36H30O5P/c1-38-28-18-20-33-26(22-28)24-35(40-33)36(37)41-34-21-19-29(39-2)23-27(34)25-42(30-12-6-3-7-13-30,31-14-8-4-9-15-31)32-16-10-5-11-17-32/h3-24H,25H2,1-2H3/q+1.